The van der Waals surface area contributed by atoms with Crippen molar-refractivity contribution in [3.8, 4) is 0 Å². The predicted molar refractivity (Wildman–Crippen MR) is 77.1 cm³/mol. The molecule has 1 aliphatic rings. The molecule has 2 aromatic carbocycles. The third-order valence-corrected chi connectivity index (χ3v) is 3.91. The third-order valence-electron chi connectivity index (χ3n) is 3.60. The Balaban J connectivity index is 1.90. The van der Waals surface area contributed by atoms with Crippen molar-refractivity contribution in [2.24, 2.45) is 0 Å². The molecule has 2 heteroatoms. The van der Waals surface area contributed by atoms with Gasteiger partial charge in [0.05, 0.1) is 0 Å². The summed E-state index contributed by atoms with van der Waals surface area (Å²) >= 11 is 5.87. The van der Waals surface area contributed by atoms with E-state index in [2.05, 4.69) is 54.3 Å². The van der Waals surface area contributed by atoms with Gasteiger partial charge >= 0.3 is 0 Å². The minimum absolute atomic E-state index is 0.585. The van der Waals surface area contributed by atoms with Crippen LogP contribution in [0.4, 0.5) is 5.69 Å². The lowest BCUT2D eigenvalue weighted by molar-refractivity contribution is 0.874. The number of alkyl halides is 1. The monoisotopic (exact) mass is 257 g/mol. The van der Waals surface area contributed by atoms with Gasteiger partial charge in [0.2, 0.25) is 0 Å². The standard InChI is InChI=1S/C16H16ClN/c1-12-8-13(9-17)6-7-16(12)18-10-14-4-2-3-5-15(14)11-18/h2-8H,9-11H2,1H3. The topological polar surface area (TPSA) is 3.24 Å². The maximum Gasteiger partial charge on any atom is 0.0474 e. The zero-order chi connectivity index (χ0) is 12.5. The van der Waals surface area contributed by atoms with Crippen LogP contribution >= 0.6 is 11.6 Å². The number of benzene rings is 2. The van der Waals surface area contributed by atoms with Gasteiger partial charge in [-0.05, 0) is 35.2 Å². The lowest BCUT2D eigenvalue weighted by atomic mass is 10.1. The molecule has 0 atom stereocenters. The highest BCUT2D eigenvalue weighted by Crippen LogP contribution is 2.30. The van der Waals surface area contributed by atoms with E-state index in [1.54, 1.807) is 0 Å². The highest BCUT2D eigenvalue weighted by Gasteiger charge is 2.19. The summed E-state index contributed by atoms with van der Waals surface area (Å²) in [5.41, 5.74) is 6.70. The van der Waals surface area contributed by atoms with E-state index < -0.39 is 0 Å². The van der Waals surface area contributed by atoms with Crippen LogP contribution in [0.3, 0.4) is 0 Å². The summed E-state index contributed by atoms with van der Waals surface area (Å²) in [5.74, 6) is 0.585. The van der Waals surface area contributed by atoms with Gasteiger partial charge in [-0.25, -0.2) is 0 Å². The van der Waals surface area contributed by atoms with Crippen LogP contribution in [-0.2, 0) is 19.0 Å². The molecule has 92 valence electrons. The average molecular weight is 258 g/mol. The highest BCUT2D eigenvalue weighted by molar-refractivity contribution is 6.17. The van der Waals surface area contributed by atoms with Crippen molar-refractivity contribution in [1.29, 1.82) is 0 Å². The lowest BCUT2D eigenvalue weighted by Crippen LogP contribution is -2.15. The van der Waals surface area contributed by atoms with E-state index in [9.17, 15) is 0 Å². The summed E-state index contributed by atoms with van der Waals surface area (Å²) in [4.78, 5) is 2.43. The van der Waals surface area contributed by atoms with E-state index in [-0.39, 0.29) is 0 Å². The number of rotatable bonds is 2. The van der Waals surface area contributed by atoms with E-state index in [4.69, 9.17) is 11.6 Å². The quantitative estimate of drug-likeness (QED) is 0.727. The van der Waals surface area contributed by atoms with Gasteiger partial charge in [0.15, 0.2) is 0 Å². The molecule has 0 fully saturated rings. The van der Waals surface area contributed by atoms with E-state index >= 15 is 0 Å². The van der Waals surface area contributed by atoms with Crippen molar-refractivity contribution in [3.63, 3.8) is 0 Å². The smallest absolute Gasteiger partial charge is 0.0474 e. The lowest BCUT2D eigenvalue weighted by Gasteiger charge is -2.20. The van der Waals surface area contributed by atoms with Gasteiger partial charge in [-0.1, -0.05) is 36.4 Å². The fourth-order valence-electron chi connectivity index (χ4n) is 2.66. The SMILES string of the molecule is Cc1cc(CCl)ccc1N1Cc2ccccc2C1. The van der Waals surface area contributed by atoms with Crippen molar-refractivity contribution in [1.82, 2.24) is 0 Å². The molecule has 1 heterocycles. The molecule has 0 aliphatic carbocycles. The number of nitrogens with zero attached hydrogens (tertiary/aromatic N) is 1. The van der Waals surface area contributed by atoms with Crippen LogP contribution in [0.15, 0.2) is 42.5 Å². The van der Waals surface area contributed by atoms with E-state index in [1.807, 2.05) is 0 Å². The molecule has 0 unspecified atom stereocenters. The second kappa shape index (κ2) is 4.66. The number of anilines is 1. The van der Waals surface area contributed by atoms with E-state index in [0.29, 0.717) is 5.88 Å². The Labute approximate surface area is 113 Å². The molecule has 0 radical (unpaired) electrons. The molecule has 3 rings (SSSR count). The normalized spacial score (nSPS) is 13.8. The van der Waals surface area contributed by atoms with Crippen molar-refractivity contribution in [3.05, 3.63) is 64.7 Å². The van der Waals surface area contributed by atoms with Crippen LogP contribution in [0.25, 0.3) is 0 Å². The van der Waals surface area contributed by atoms with Gasteiger partial charge in [0.1, 0.15) is 0 Å². The molecule has 0 spiro atoms. The van der Waals surface area contributed by atoms with E-state index in [0.717, 1.165) is 13.1 Å². The molecular formula is C16H16ClN. The number of halogens is 1. The van der Waals surface area contributed by atoms with Gasteiger partial charge in [0, 0.05) is 24.7 Å². The molecule has 0 saturated carbocycles. The van der Waals surface area contributed by atoms with Crippen LogP contribution in [0.1, 0.15) is 22.3 Å². The van der Waals surface area contributed by atoms with Crippen LogP contribution in [0.5, 0.6) is 0 Å². The fraction of sp³-hybridized carbons (Fsp3) is 0.250. The summed E-state index contributed by atoms with van der Waals surface area (Å²) in [5, 5.41) is 0. The Morgan fingerprint density at radius 1 is 1.06 bits per heavy atom. The largest absolute Gasteiger partial charge is 0.363 e. The van der Waals surface area contributed by atoms with Crippen molar-refractivity contribution in [2.45, 2.75) is 25.9 Å². The van der Waals surface area contributed by atoms with Crippen molar-refractivity contribution < 1.29 is 0 Å². The second-order valence-electron chi connectivity index (χ2n) is 4.88. The zero-order valence-electron chi connectivity index (χ0n) is 10.5. The first-order valence-corrected chi connectivity index (χ1v) is 6.78. The molecular weight excluding hydrogens is 242 g/mol. The number of hydrogen-bond acceptors (Lipinski definition) is 1. The maximum atomic E-state index is 5.87. The van der Waals surface area contributed by atoms with Gasteiger partial charge in [-0.2, -0.15) is 0 Å². The summed E-state index contributed by atoms with van der Waals surface area (Å²) in [6.45, 7) is 4.18. The van der Waals surface area contributed by atoms with Crippen molar-refractivity contribution >= 4 is 17.3 Å². The Hall–Kier alpha value is -1.47. The molecule has 0 aromatic heterocycles. The summed E-state index contributed by atoms with van der Waals surface area (Å²) in [6.07, 6.45) is 0. The van der Waals surface area contributed by atoms with Gasteiger partial charge in [0.25, 0.3) is 0 Å². The molecule has 0 bridgehead atoms. The fourth-order valence-corrected chi connectivity index (χ4v) is 2.83. The van der Waals surface area contributed by atoms with Crippen molar-refractivity contribution in [2.75, 3.05) is 4.90 Å². The first kappa shape index (κ1) is 11.6. The summed E-state index contributed by atoms with van der Waals surface area (Å²) in [7, 11) is 0. The number of aryl methyl sites for hydroxylation is 1. The van der Waals surface area contributed by atoms with Gasteiger partial charge in [-0.3, -0.25) is 0 Å². The minimum atomic E-state index is 0.585. The molecule has 1 aliphatic heterocycles. The molecule has 0 amide bonds. The number of hydrogen-bond donors (Lipinski definition) is 0. The van der Waals surface area contributed by atoms with Gasteiger partial charge < -0.3 is 4.90 Å². The third kappa shape index (κ3) is 1.99. The predicted octanol–water partition coefficient (Wildman–Crippen LogP) is 4.25. The van der Waals surface area contributed by atoms with Crippen LogP contribution in [0.2, 0.25) is 0 Å². The molecule has 0 saturated heterocycles. The van der Waals surface area contributed by atoms with Crippen LogP contribution in [0, 0.1) is 6.92 Å². The highest BCUT2D eigenvalue weighted by atomic mass is 35.5. The van der Waals surface area contributed by atoms with Crippen LogP contribution < -0.4 is 4.90 Å². The molecule has 2 aromatic rings. The first-order valence-electron chi connectivity index (χ1n) is 6.25. The molecule has 1 nitrogen and oxygen atoms in total. The zero-order valence-corrected chi connectivity index (χ0v) is 11.2. The van der Waals surface area contributed by atoms with E-state index in [1.165, 1.54) is 27.9 Å². The second-order valence-corrected chi connectivity index (χ2v) is 5.15. The Bertz CT molecular complexity index is 552. The average Bonchev–Trinajstić information content (AvgIpc) is 2.81. The first-order chi connectivity index (χ1) is 8.78. The van der Waals surface area contributed by atoms with Gasteiger partial charge in [-0.15, -0.1) is 11.6 Å². The Kier molecular flexibility index (Phi) is 3.00. The molecule has 0 N–H and O–H groups in total. The maximum absolute atomic E-state index is 5.87. The Morgan fingerprint density at radius 3 is 2.28 bits per heavy atom. The number of fused-ring (bicyclic) bond motifs is 1. The summed E-state index contributed by atoms with van der Waals surface area (Å²) < 4.78 is 0. The van der Waals surface area contributed by atoms with Crippen LogP contribution in [-0.4, -0.2) is 0 Å². The molecule has 18 heavy (non-hydrogen) atoms. The Morgan fingerprint density at radius 2 is 1.72 bits per heavy atom. The summed E-state index contributed by atoms with van der Waals surface area (Å²) in [6, 6.07) is 15.2. The minimum Gasteiger partial charge on any atom is -0.363 e.